The molecule has 0 saturated heterocycles. The van der Waals surface area contributed by atoms with Crippen LogP contribution in [0.5, 0.6) is 5.75 Å². The summed E-state index contributed by atoms with van der Waals surface area (Å²) in [6, 6.07) is 13.7. The Kier molecular flexibility index (Phi) is 2.84. The quantitative estimate of drug-likeness (QED) is 0.780. The van der Waals surface area contributed by atoms with E-state index >= 15 is 0 Å². The van der Waals surface area contributed by atoms with Crippen LogP contribution in [0.15, 0.2) is 52.3 Å². The van der Waals surface area contributed by atoms with Crippen molar-refractivity contribution < 1.29 is 9.53 Å². The number of methoxy groups -OCH3 is 1. The molecular formula is C15H12O2S. The van der Waals surface area contributed by atoms with Gasteiger partial charge in [0.25, 0.3) is 0 Å². The van der Waals surface area contributed by atoms with Gasteiger partial charge in [0.15, 0.2) is 5.78 Å². The van der Waals surface area contributed by atoms with Crippen molar-refractivity contribution >= 4 is 17.5 Å². The second kappa shape index (κ2) is 4.50. The second-order valence-corrected chi connectivity index (χ2v) is 5.26. The Balaban J connectivity index is 2.14. The third-order valence-electron chi connectivity index (χ3n) is 3.03. The number of hydrogen-bond acceptors (Lipinski definition) is 3. The minimum absolute atomic E-state index is 0.171. The first-order chi connectivity index (χ1) is 8.78. The predicted molar refractivity (Wildman–Crippen MR) is 71.6 cm³/mol. The van der Waals surface area contributed by atoms with Crippen molar-refractivity contribution in [1.82, 2.24) is 0 Å². The topological polar surface area (TPSA) is 26.3 Å². The molecule has 1 heterocycles. The third-order valence-corrected chi connectivity index (χ3v) is 4.21. The zero-order valence-electron chi connectivity index (χ0n) is 9.97. The van der Waals surface area contributed by atoms with Crippen LogP contribution in [-0.4, -0.2) is 12.9 Å². The molecule has 0 aliphatic carbocycles. The molecule has 90 valence electrons. The first-order valence-corrected chi connectivity index (χ1v) is 6.56. The van der Waals surface area contributed by atoms with E-state index in [1.54, 1.807) is 18.9 Å². The van der Waals surface area contributed by atoms with Crippen molar-refractivity contribution in [2.45, 2.75) is 16.2 Å². The van der Waals surface area contributed by atoms with Crippen molar-refractivity contribution in [3.05, 3.63) is 53.6 Å². The lowest BCUT2D eigenvalue weighted by atomic mass is 10.0. The Hall–Kier alpha value is -1.74. The Bertz CT molecular complexity index is 620. The average molecular weight is 256 g/mol. The molecule has 0 atom stereocenters. The van der Waals surface area contributed by atoms with Crippen LogP contribution in [0.3, 0.4) is 0 Å². The molecule has 0 radical (unpaired) electrons. The highest BCUT2D eigenvalue weighted by Crippen LogP contribution is 2.38. The van der Waals surface area contributed by atoms with Gasteiger partial charge in [-0.3, -0.25) is 4.79 Å². The molecule has 0 fully saturated rings. The van der Waals surface area contributed by atoms with Crippen LogP contribution in [0.4, 0.5) is 0 Å². The molecule has 0 saturated carbocycles. The lowest BCUT2D eigenvalue weighted by molar-refractivity contribution is 0.0990. The molecule has 2 aromatic carbocycles. The van der Waals surface area contributed by atoms with Gasteiger partial charge in [0.1, 0.15) is 5.75 Å². The summed E-state index contributed by atoms with van der Waals surface area (Å²) >= 11 is 1.64. The lowest BCUT2D eigenvalue weighted by Gasteiger charge is -2.06. The van der Waals surface area contributed by atoms with Crippen LogP contribution in [0.1, 0.15) is 15.9 Å². The van der Waals surface area contributed by atoms with E-state index in [2.05, 4.69) is 6.07 Å². The molecule has 0 spiro atoms. The van der Waals surface area contributed by atoms with Crippen molar-refractivity contribution in [3.63, 3.8) is 0 Å². The van der Waals surface area contributed by atoms with Gasteiger partial charge in [-0.1, -0.05) is 30.0 Å². The Morgan fingerprint density at radius 2 is 1.94 bits per heavy atom. The summed E-state index contributed by atoms with van der Waals surface area (Å²) in [7, 11) is 1.64. The van der Waals surface area contributed by atoms with E-state index in [0.29, 0.717) is 6.42 Å². The van der Waals surface area contributed by atoms with Crippen LogP contribution in [0.2, 0.25) is 0 Å². The molecular weight excluding hydrogens is 244 g/mol. The smallest absolute Gasteiger partial charge is 0.168 e. The largest absolute Gasteiger partial charge is 0.497 e. The molecule has 2 nitrogen and oxygen atoms in total. The lowest BCUT2D eigenvalue weighted by Crippen LogP contribution is -2.03. The molecule has 1 aliphatic rings. The van der Waals surface area contributed by atoms with E-state index in [0.717, 1.165) is 26.7 Å². The third kappa shape index (κ3) is 1.91. The van der Waals surface area contributed by atoms with E-state index in [-0.39, 0.29) is 5.78 Å². The predicted octanol–water partition coefficient (Wildman–Crippen LogP) is 3.59. The summed E-state index contributed by atoms with van der Waals surface area (Å²) in [6.45, 7) is 0. The van der Waals surface area contributed by atoms with Gasteiger partial charge in [-0.15, -0.1) is 0 Å². The van der Waals surface area contributed by atoms with Crippen molar-refractivity contribution in [2.75, 3.05) is 7.11 Å². The number of ketones is 1. The van der Waals surface area contributed by atoms with E-state index in [1.165, 1.54) is 0 Å². The molecule has 3 heteroatoms. The number of carbonyl (C=O) groups is 1. The Morgan fingerprint density at radius 1 is 1.11 bits per heavy atom. The van der Waals surface area contributed by atoms with Crippen LogP contribution in [-0.2, 0) is 6.42 Å². The summed E-state index contributed by atoms with van der Waals surface area (Å²) in [4.78, 5) is 14.3. The molecule has 0 bridgehead atoms. The summed E-state index contributed by atoms with van der Waals surface area (Å²) in [6.07, 6.45) is 0.475. The highest BCUT2D eigenvalue weighted by molar-refractivity contribution is 7.99. The van der Waals surface area contributed by atoms with Crippen molar-refractivity contribution in [2.24, 2.45) is 0 Å². The Morgan fingerprint density at radius 3 is 2.78 bits per heavy atom. The van der Waals surface area contributed by atoms with Gasteiger partial charge >= 0.3 is 0 Å². The van der Waals surface area contributed by atoms with E-state index in [9.17, 15) is 4.79 Å². The first-order valence-electron chi connectivity index (χ1n) is 5.75. The highest BCUT2D eigenvalue weighted by atomic mass is 32.2. The van der Waals surface area contributed by atoms with Gasteiger partial charge in [0.05, 0.1) is 7.11 Å². The standard InChI is InChI=1S/C15H12O2S/c1-17-11-6-7-12-13(16)8-10-4-2-3-5-14(10)18-15(12)9-11/h2-7,9H,8H2,1H3. The van der Waals surface area contributed by atoms with Gasteiger partial charge in [-0.25, -0.2) is 0 Å². The van der Waals surface area contributed by atoms with Crippen LogP contribution in [0.25, 0.3) is 0 Å². The summed E-state index contributed by atoms with van der Waals surface area (Å²) in [5.74, 6) is 0.957. The molecule has 0 N–H and O–H groups in total. The summed E-state index contributed by atoms with van der Waals surface area (Å²) in [5.41, 5.74) is 1.89. The monoisotopic (exact) mass is 256 g/mol. The molecule has 18 heavy (non-hydrogen) atoms. The maximum absolute atomic E-state index is 12.2. The SMILES string of the molecule is COc1ccc2c(c1)Sc1ccccc1CC2=O. The van der Waals surface area contributed by atoms with Gasteiger partial charge in [0, 0.05) is 21.8 Å². The number of Topliss-reactive ketones (excluding diaryl/α,β-unsaturated/α-hetero) is 1. The van der Waals surface area contributed by atoms with Crippen LogP contribution >= 0.6 is 11.8 Å². The fraction of sp³-hybridized carbons (Fsp3) is 0.133. The fourth-order valence-corrected chi connectivity index (χ4v) is 3.20. The molecule has 0 amide bonds. The second-order valence-electron chi connectivity index (χ2n) is 4.17. The van der Waals surface area contributed by atoms with Gasteiger partial charge < -0.3 is 4.74 Å². The zero-order valence-corrected chi connectivity index (χ0v) is 10.8. The maximum atomic E-state index is 12.2. The number of ether oxygens (including phenoxy) is 1. The molecule has 0 unspecified atom stereocenters. The molecule has 1 aliphatic heterocycles. The molecule has 3 rings (SSSR count). The number of fused-ring (bicyclic) bond motifs is 2. The number of rotatable bonds is 1. The maximum Gasteiger partial charge on any atom is 0.168 e. The van der Waals surface area contributed by atoms with Gasteiger partial charge in [-0.05, 0) is 29.8 Å². The summed E-state index contributed by atoms with van der Waals surface area (Å²) in [5, 5.41) is 0. The van der Waals surface area contributed by atoms with Crippen LogP contribution < -0.4 is 4.74 Å². The molecule has 0 aromatic heterocycles. The minimum atomic E-state index is 0.171. The summed E-state index contributed by atoms with van der Waals surface area (Å²) < 4.78 is 5.22. The van der Waals surface area contributed by atoms with E-state index < -0.39 is 0 Å². The van der Waals surface area contributed by atoms with Gasteiger partial charge in [-0.2, -0.15) is 0 Å². The van der Waals surface area contributed by atoms with Crippen LogP contribution in [0, 0.1) is 0 Å². The van der Waals surface area contributed by atoms with E-state index in [4.69, 9.17) is 4.74 Å². The Labute approximate surface area is 110 Å². The van der Waals surface area contributed by atoms with E-state index in [1.807, 2.05) is 36.4 Å². The number of hydrogen-bond donors (Lipinski definition) is 0. The number of benzene rings is 2. The average Bonchev–Trinajstić information content (AvgIpc) is 2.54. The van der Waals surface area contributed by atoms with Crippen molar-refractivity contribution in [3.8, 4) is 5.75 Å². The zero-order chi connectivity index (χ0) is 12.5. The highest BCUT2D eigenvalue weighted by Gasteiger charge is 2.20. The normalized spacial score (nSPS) is 13.5. The minimum Gasteiger partial charge on any atom is -0.497 e. The number of carbonyl (C=O) groups excluding carboxylic acids is 1. The first kappa shape index (κ1) is 11.4. The van der Waals surface area contributed by atoms with Gasteiger partial charge in [0.2, 0.25) is 0 Å². The van der Waals surface area contributed by atoms with Crippen molar-refractivity contribution in [1.29, 1.82) is 0 Å². The fourth-order valence-electron chi connectivity index (χ4n) is 2.08. The molecule has 2 aromatic rings.